The van der Waals surface area contributed by atoms with Crippen LogP contribution in [0.15, 0.2) is 0 Å². The van der Waals surface area contributed by atoms with Gasteiger partial charge in [0.25, 0.3) is 0 Å². The standard InChI is InChI=1S/C18H29NO4/c1-3-5-6-7-8-11-15-22-17(20)16-12-9-10-13-19(16)18(21)23-14-4-2/h2,16H,3,5-15H2,1H3. The zero-order chi connectivity index (χ0) is 16.9. The number of ether oxygens (including phenoxy) is 2. The molecule has 5 nitrogen and oxygen atoms in total. The number of hydrogen-bond donors (Lipinski definition) is 0. The Kier molecular flexibility index (Phi) is 9.94. The van der Waals surface area contributed by atoms with Crippen molar-refractivity contribution < 1.29 is 19.1 Å². The van der Waals surface area contributed by atoms with Gasteiger partial charge in [0.2, 0.25) is 0 Å². The third-order valence-corrected chi connectivity index (χ3v) is 4.03. The molecule has 0 N–H and O–H groups in total. The van der Waals surface area contributed by atoms with Gasteiger partial charge in [-0.1, -0.05) is 44.9 Å². The van der Waals surface area contributed by atoms with Crippen LogP contribution in [0, 0.1) is 12.3 Å². The summed E-state index contributed by atoms with van der Waals surface area (Å²) in [6.07, 6.45) is 13.8. The zero-order valence-electron chi connectivity index (χ0n) is 14.2. The second-order valence-electron chi connectivity index (χ2n) is 5.90. The van der Waals surface area contributed by atoms with Crippen LogP contribution in [0.1, 0.15) is 64.7 Å². The number of nitrogens with zero attached hydrogens (tertiary/aromatic N) is 1. The second kappa shape index (κ2) is 11.8. The van der Waals surface area contributed by atoms with E-state index in [1.165, 1.54) is 30.6 Å². The summed E-state index contributed by atoms with van der Waals surface area (Å²) in [6, 6.07) is -0.533. The SMILES string of the molecule is C#CCOC(=O)N1CCCCC1C(=O)OCCCCCCCC. The van der Waals surface area contributed by atoms with Crippen LogP contribution in [-0.2, 0) is 14.3 Å². The first-order valence-electron chi connectivity index (χ1n) is 8.74. The Morgan fingerprint density at radius 3 is 2.61 bits per heavy atom. The molecule has 1 aliphatic heterocycles. The average Bonchev–Trinajstić information content (AvgIpc) is 2.58. The topological polar surface area (TPSA) is 55.8 Å². The van der Waals surface area contributed by atoms with Crippen molar-refractivity contribution in [3.05, 3.63) is 0 Å². The lowest BCUT2D eigenvalue weighted by atomic mass is 10.0. The van der Waals surface area contributed by atoms with Gasteiger partial charge in [-0.25, -0.2) is 9.59 Å². The quantitative estimate of drug-likeness (QED) is 0.370. The van der Waals surface area contributed by atoms with Crippen LogP contribution in [0.25, 0.3) is 0 Å². The molecule has 0 radical (unpaired) electrons. The molecule has 130 valence electrons. The Hall–Kier alpha value is -1.70. The lowest BCUT2D eigenvalue weighted by Crippen LogP contribution is -2.49. The number of likely N-dealkylation sites (tertiary alicyclic amines) is 1. The number of unbranched alkanes of at least 4 members (excludes halogenated alkanes) is 5. The summed E-state index contributed by atoms with van der Waals surface area (Å²) in [5.41, 5.74) is 0. The summed E-state index contributed by atoms with van der Waals surface area (Å²) >= 11 is 0. The lowest BCUT2D eigenvalue weighted by Gasteiger charge is -2.32. The van der Waals surface area contributed by atoms with Crippen LogP contribution in [0.5, 0.6) is 0 Å². The molecule has 23 heavy (non-hydrogen) atoms. The average molecular weight is 323 g/mol. The largest absolute Gasteiger partial charge is 0.464 e. The maximum absolute atomic E-state index is 12.2. The molecule has 0 spiro atoms. The molecule has 1 rings (SSSR count). The number of terminal acetylenes is 1. The summed E-state index contributed by atoms with van der Waals surface area (Å²) in [5, 5.41) is 0. The number of amides is 1. The molecular formula is C18H29NO4. The summed E-state index contributed by atoms with van der Waals surface area (Å²) in [6.45, 7) is 3.05. The van der Waals surface area contributed by atoms with Crippen molar-refractivity contribution in [3.63, 3.8) is 0 Å². The minimum Gasteiger partial charge on any atom is -0.464 e. The predicted molar refractivity (Wildman–Crippen MR) is 88.9 cm³/mol. The van der Waals surface area contributed by atoms with Crippen molar-refractivity contribution in [2.75, 3.05) is 19.8 Å². The number of carbonyl (C=O) groups excluding carboxylic acids is 2. The highest BCUT2D eigenvalue weighted by molar-refractivity contribution is 5.81. The van der Waals surface area contributed by atoms with Crippen LogP contribution in [0.3, 0.4) is 0 Å². The van der Waals surface area contributed by atoms with Gasteiger partial charge < -0.3 is 9.47 Å². The van der Waals surface area contributed by atoms with Gasteiger partial charge in [-0.2, -0.15) is 0 Å². The van der Waals surface area contributed by atoms with Gasteiger partial charge in [-0.15, -0.1) is 6.42 Å². The predicted octanol–water partition coefficient (Wildman–Crippen LogP) is 3.51. The van der Waals surface area contributed by atoms with Crippen molar-refractivity contribution in [1.29, 1.82) is 0 Å². The van der Waals surface area contributed by atoms with E-state index in [1.807, 2.05) is 0 Å². The normalized spacial score (nSPS) is 17.4. The van der Waals surface area contributed by atoms with Gasteiger partial charge in [-0.3, -0.25) is 4.90 Å². The Bertz CT molecular complexity index is 402. The van der Waals surface area contributed by atoms with Crippen LogP contribution < -0.4 is 0 Å². The molecule has 1 heterocycles. The maximum Gasteiger partial charge on any atom is 0.411 e. The van der Waals surface area contributed by atoms with Gasteiger partial charge in [0.15, 0.2) is 6.61 Å². The molecule has 0 aromatic heterocycles. The van der Waals surface area contributed by atoms with E-state index in [4.69, 9.17) is 15.9 Å². The molecule has 0 aliphatic carbocycles. The number of piperidine rings is 1. The van der Waals surface area contributed by atoms with E-state index in [9.17, 15) is 9.59 Å². The van der Waals surface area contributed by atoms with Gasteiger partial charge in [0.05, 0.1) is 6.61 Å². The smallest absolute Gasteiger partial charge is 0.411 e. The molecule has 5 heteroatoms. The van der Waals surface area contributed by atoms with Crippen molar-refractivity contribution >= 4 is 12.1 Å². The lowest BCUT2D eigenvalue weighted by molar-refractivity contribution is -0.150. The fourth-order valence-corrected chi connectivity index (χ4v) is 2.73. The highest BCUT2D eigenvalue weighted by atomic mass is 16.6. The van der Waals surface area contributed by atoms with E-state index in [0.29, 0.717) is 19.6 Å². The second-order valence-corrected chi connectivity index (χ2v) is 5.90. The molecule has 0 aromatic rings. The minimum atomic E-state index is -0.533. The van der Waals surface area contributed by atoms with Gasteiger partial charge >= 0.3 is 12.1 Å². The van der Waals surface area contributed by atoms with Crippen LogP contribution in [0.2, 0.25) is 0 Å². The molecule has 0 bridgehead atoms. The Morgan fingerprint density at radius 2 is 1.87 bits per heavy atom. The Labute approximate surface area is 139 Å². The summed E-state index contributed by atoms with van der Waals surface area (Å²) in [4.78, 5) is 25.6. The van der Waals surface area contributed by atoms with Crippen LogP contribution in [-0.4, -0.2) is 42.8 Å². The number of esters is 1. The first-order chi connectivity index (χ1) is 11.2. The highest BCUT2D eigenvalue weighted by Crippen LogP contribution is 2.19. The molecular weight excluding hydrogens is 294 g/mol. The fourth-order valence-electron chi connectivity index (χ4n) is 2.73. The summed E-state index contributed by atoms with van der Waals surface area (Å²) in [5.74, 6) is 1.94. The Morgan fingerprint density at radius 1 is 1.13 bits per heavy atom. The third-order valence-electron chi connectivity index (χ3n) is 4.03. The van der Waals surface area contributed by atoms with Crippen molar-refractivity contribution in [2.24, 2.45) is 0 Å². The van der Waals surface area contributed by atoms with Crippen molar-refractivity contribution in [2.45, 2.75) is 70.8 Å². The molecule has 1 aliphatic rings. The highest BCUT2D eigenvalue weighted by Gasteiger charge is 2.34. The van der Waals surface area contributed by atoms with E-state index < -0.39 is 12.1 Å². The number of rotatable bonds is 9. The third kappa shape index (κ3) is 7.40. The molecule has 1 atom stereocenters. The van der Waals surface area contributed by atoms with E-state index in [1.54, 1.807) is 0 Å². The van der Waals surface area contributed by atoms with Crippen LogP contribution in [0.4, 0.5) is 4.79 Å². The summed E-state index contributed by atoms with van der Waals surface area (Å²) in [7, 11) is 0. The first-order valence-corrected chi connectivity index (χ1v) is 8.74. The van der Waals surface area contributed by atoms with Gasteiger partial charge in [0.1, 0.15) is 6.04 Å². The molecule has 1 saturated heterocycles. The molecule has 0 aromatic carbocycles. The van der Waals surface area contributed by atoms with E-state index in [0.717, 1.165) is 25.7 Å². The van der Waals surface area contributed by atoms with Gasteiger partial charge in [-0.05, 0) is 25.7 Å². The van der Waals surface area contributed by atoms with Gasteiger partial charge in [0, 0.05) is 6.54 Å². The number of carbonyl (C=O) groups is 2. The fraction of sp³-hybridized carbons (Fsp3) is 0.778. The van der Waals surface area contributed by atoms with E-state index >= 15 is 0 Å². The molecule has 1 amide bonds. The first kappa shape index (κ1) is 19.3. The van der Waals surface area contributed by atoms with Crippen molar-refractivity contribution in [1.82, 2.24) is 4.90 Å². The molecule has 0 saturated carbocycles. The van der Waals surface area contributed by atoms with Crippen LogP contribution >= 0.6 is 0 Å². The zero-order valence-corrected chi connectivity index (χ0v) is 14.2. The maximum atomic E-state index is 12.2. The summed E-state index contributed by atoms with van der Waals surface area (Å²) < 4.78 is 10.3. The Balaban J connectivity index is 2.31. The van der Waals surface area contributed by atoms with E-state index in [2.05, 4.69) is 12.8 Å². The van der Waals surface area contributed by atoms with Crippen molar-refractivity contribution in [3.8, 4) is 12.3 Å². The molecule has 1 fully saturated rings. The monoisotopic (exact) mass is 323 g/mol. The minimum absolute atomic E-state index is 0.0745. The molecule has 1 unspecified atom stereocenters. The number of hydrogen-bond acceptors (Lipinski definition) is 4. The van der Waals surface area contributed by atoms with E-state index in [-0.39, 0.29) is 12.6 Å².